The third kappa shape index (κ3) is 8.30. The number of hydrogen-bond acceptors (Lipinski definition) is 7. The van der Waals surface area contributed by atoms with Gasteiger partial charge >= 0.3 is 5.90 Å². The van der Waals surface area contributed by atoms with Gasteiger partial charge in [-0.15, -0.1) is 46.4 Å². The standard InChI is InChI=1S/C23H32Cl4N2O8S2/c24-14-10-18-20(12-16(14)26)36-22(28(18)6-2-8-38(30,31)32)4-1-5-23-29(7-3-9-39(33,34)35)19-11-15(25)17(27)13-21(19)37-23/h1,4-5,14-21H,2-3,6-13H2,(H-,30,31,32,33,34,35)/p+1. The molecule has 10 nitrogen and oxygen atoms in total. The summed E-state index contributed by atoms with van der Waals surface area (Å²) >= 11 is 25.6. The second-order valence-electron chi connectivity index (χ2n) is 10.3. The molecule has 0 aromatic rings. The van der Waals surface area contributed by atoms with Crippen LogP contribution in [0.1, 0.15) is 38.5 Å². The molecule has 222 valence electrons. The molecular formula is C23H33Cl4N2O8S2+. The Kier molecular flexibility index (Phi) is 10.3. The molecule has 0 aromatic carbocycles. The molecule has 39 heavy (non-hydrogen) atoms. The highest BCUT2D eigenvalue weighted by Crippen LogP contribution is 2.40. The smallest absolute Gasteiger partial charge is 0.363 e. The first kappa shape index (κ1) is 31.5. The van der Waals surface area contributed by atoms with E-state index in [4.69, 9.17) is 65.0 Å². The first-order chi connectivity index (χ1) is 18.2. The molecule has 4 aliphatic rings. The molecule has 8 unspecified atom stereocenters. The van der Waals surface area contributed by atoms with E-state index in [0.717, 1.165) is 0 Å². The summed E-state index contributed by atoms with van der Waals surface area (Å²) in [7, 11) is -8.19. The molecule has 0 bridgehead atoms. The van der Waals surface area contributed by atoms with Crippen LogP contribution in [0.25, 0.3) is 0 Å². The fourth-order valence-electron chi connectivity index (χ4n) is 5.66. The van der Waals surface area contributed by atoms with Crippen molar-refractivity contribution in [3.05, 3.63) is 24.1 Å². The van der Waals surface area contributed by atoms with Gasteiger partial charge in [0.15, 0.2) is 18.0 Å². The van der Waals surface area contributed by atoms with Crippen LogP contribution in [-0.4, -0.2) is 112 Å². The molecule has 8 atom stereocenters. The number of hydrogen-bond donors (Lipinski definition) is 2. The first-order valence-electron chi connectivity index (χ1n) is 12.8. The van der Waals surface area contributed by atoms with Crippen molar-refractivity contribution in [1.29, 1.82) is 0 Å². The van der Waals surface area contributed by atoms with Gasteiger partial charge in [-0.1, -0.05) is 0 Å². The van der Waals surface area contributed by atoms with Crippen molar-refractivity contribution in [2.24, 2.45) is 0 Å². The van der Waals surface area contributed by atoms with Crippen molar-refractivity contribution in [3.8, 4) is 0 Å². The van der Waals surface area contributed by atoms with Crippen LogP contribution in [0.2, 0.25) is 0 Å². The van der Waals surface area contributed by atoms with Crippen molar-refractivity contribution >= 4 is 72.5 Å². The minimum Gasteiger partial charge on any atom is -0.473 e. The van der Waals surface area contributed by atoms with Crippen LogP contribution < -0.4 is 0 Å². The van der Waals surface area contributed by atoms with Gasteiger partial charge in [-0.3, -0.25) is 9.11 Å². The first-order valence-corrected chi connectivity index (χ1v) is 17.8. The lowest BCUT2D eigenvalue weighted by Crippen LogP contribution is -2.44. The number of nitrogens with zero attached hydrogens (tertiary/aromatic N) is 2. The zero-order chi connectivity index (χ0) is 28.5. The Bertz CT molecular complexity index is 1210. The Balaban J connectivity index is 1.54. The van der Waals surface area contributed by atoms with E-state index in [-0.39, 0.29) is 70.1 Å². The molecule has 0 radical (unpaired) electrons. The van der Waals surface area contributed by atoms with E-state index >= 15 is 0 Å². The van der Waals surface area contributed by atoms with E-state index in [1.165, 1.54) is 0 Å². The number of halogens is 4. The Hall–Kier alpha value is -0.470. The number of rotatable bonds is 10. The minimum absolute atomic E-state index is 0.0833. The Labute approximate surface area is 249 Å². The molecule has 2 aliphatic heterocycles. The predicted octanol–water partition coefficient (Wildman–Crippen LogP) is 3.20. The second-order valence-corrected chi connectivity index (χ2v) is 15.7. The van der Waals surface area contributed by atoms with E-state index in [9.17, 15) is 16.8 Å². The number of alkyl halides is 4. The topological polar surface area (TPSA) is 133 Å². The summed E-state index contributed by atoms with van der Waals surface area (Å²) in [5, 5.41) is -1.01. The van der Waals surface area contributed by atoms with Crippen LogP contribution in [-0.2, 0) is 29.7 Å². The largest absolute Gasteiger partial charge is 0.473 e. The molecule has 16 heteroatoms. The zero-order valence-electron chi connectivity index (χ0n) is 21.0. The normalized spacial score (nSPS) is 36.3. The molecule has 2 heterocycles. The highest BCUT2D eigenvalue weighted by atomic mass is 35.5. The molecule has 3 fully saturated rings. The summed E-state index contributed by atoms with van der Waals surface area (Å²) in [5.74, 6) is 0.314. The zero-order valence-corrected chi connectivity index (χ0v) is 25.6. The van der Waals surface area contributed by atoms with Gasteiger partial charge in [0.05, 0.1) is 45.1 Å². The van der Waals surface area contributed by atoms with E-state index in [2.05, 4.69) is 0 Å². The summed E-state index contributed by atoms with van der Waals surface area (Å²) in [5.41, 5.74) is 0. The quantitative estimate of drug-likeness (QED) is 0.204. The number of allylic oxidation sites excluding steroid dienone is 2. The van der Waals surface area contributed by atoms with Gasteiger partial charge in [0, 0.05) is 32.2 Å². The van der Waals surface area contributed by atoms with Crippen LogP contribution >= 0.6 is 46.4 Å². The lowest BCUT2D eigenvalue weighted by atomic mass is 9.91. The van der Waals surface area contributed by atoms with Gasteiger partial charge in [0.1, 0.15) is 12.6 Å². The van der Waals surface area contributed by atoms with Gasteiger partial charge < -0.3 is 14.4 Å². The SMILES string of the molecule is O=S(=O)(O)CCCN1C(=CC=CC2=[N+](CCCS(=O)(=O)O)C3CC(Cl)C(Cl)CC3O2)OC2CC(Cl)C(Cl)CC21. The van der Waals surface area contributed by atoms with E-state index < -0.39 is 20.2 Å². The summed E-state index contributed by atoms with van der Waals surface area (Å²) in [6.45, 7) is 0.675. The van der Waals surface area contributed by atoms with Crippen molar-refractivity contribution in [2.45, 2.75) is 84.3 Å². The van der Waals surface area contributed by atoms with Crippen LogP contribution in [0.3, 0.4) is 0 Å². The van der Waals surface area contributed by atoms with Crippen LogP contribution in [0.5, 0.6) is 0 Å². The number of ether oxygens (including phenoxy) is 2. The third-order valence-electron chi connectivity index (χ3n) is 7.48. The van der Waals surface area contributed by atoms with Crippen molar-refractivity contribution in [3.63, 3.8) is 0 Å². The molecule has 4 rings (SSSR count). The van der Waals surface area contributed by atoms with Crippen molar-refractivity contribution in [1.82, 2.24) is 4.90 Å². The monoisotopic (exact) mass is 669 g/mol. The van der Waals surface area contributed by atoms with Gasteiger partial charge in [-0.05, 0) is 25.0 Å². The minimum atomic E-state index is -4.10. The molecule has 0 spiro atoms. The maximum absolute atomic E-state index is 11.2. The number of fused-ring (bicyclic) bond motifs is 2. The Morgan fingerprint density at radius 2 is 1.44 bits per heavy atom. The summed E-state index contributed by atoms with van der Waals surface area (Å²) in [6.07, 6.45) is 7.47. The fraction of sp³-hybridized carbons (Fsp3) is 0.783. The highest BCUT2D eigenvalue weighted by molar-refractivity contribution is 7.86. The van der Waals surface area contributed by atoms with Gasteiger partial charge in [-0.25, -0.2) is 0 Å². The molecule has 0 aromatic heterocycles. The summed E-state index contributed by atoms with van der Waals surface area (Å²) < 4.78 is 77.6. The average Bonchev–Trinajstić information content (AvgIpc) is 3.30. The van der Waals surface area contributed by atoms with Crippen LogP contribution in [0.15, 0.2) is 24.1 Å². The molecule has 1 saturated heterocycles. The third-order valence-corrected chi connectivity index (χ3v) is 11.3. The van der Waals surface area contributed by atoms with Gasteiger partial charge in [0.2, 0.25) is 0 Å². The molecule has 2 aliphatic carbocycles. The molecule has 2 N–H and O–H groups in total. The Morgan fingerprint density at radius 1 is 0.846 bits per heavy atom. The molecule has 0 amide bonds. The summed E-state index contributed by atoms with van der Waals surface area (Å²) in [4.78, 5) is 1.96. The van der Waals surface area contributed by atoms with Gasteiger partial charge in [-0.2, -0.15) is 21.4 Å². The summed E-state index contributed by atoms with van der Waals surface area (Å²) in [6, 6.07) is -0.167. The van der Waals surface area contributed by atoms with Crippen LogP contribution in [0, 0.1) is 0 Å². The highest BCUT2D eigenvalue weighted by Gasteiger charge is 2.49. The molecule has 2 saturated carbocycles. The average molecular weight is 671 g/mol. The second kappa shape index (κ2) is 12.8. The van der Waals surface area contributed by atoms with Crippen LogP contribution in [0.4, 0.5) is 0 Å². The van der Waals surface area contributed by atoms with Crippen molar-refractivity contribution < 1.29 is 40.0 Å². The van der Waals surface area contributed by atoms with E-state index in [0.29, 0.717) is 50.6 Å². The predicted molar refractivity (Wildman–Crippen MR) is 150 cm³/mol. The lowest BCUT2D eigenvalue weighted by molar-refractivity contribution is -0.561. The maximum Gasteiger partial charge on any atom is 0.363 e. The van der Waals surface area contributed by atoms with E-state index in [1.54, 1.807) is 18.2 Å². The van der Waals surface area contributed by atoms with E-state index in [1.807, 2.05) is 9.48 Å². The lowest BCUT2D eigenvalue weighted by Gasteiger charge is -2.34. The maximum atomic E-state index is 11.2. The fourth-order valence-corrected chi connectivity index (χ4v) is 7.78. The van der Waals surface area contributed by atoms with Gasteiger partial charge in [0.25, 0.3) is 20.2 Å². The van der Waals surface area contributed by atoms with Crippen molar-refractivity contribution in [2.75, 3.05) is 24.6 Å². The molecular weight excluding hydrogens is 638 g/mol. The Morgan fingerprint density at radius 3 is 2.10 bits per heavy atom.